The van der Waals surface area contributed by atoms with E-state index in [9.17, 15) is 5.11 Å². The second-order valence-electron chi connectivity index (χ2n) is 4.52. The molecule has 0 spiro atoms. The van der Waals surface area contributed by atoms with Crippen LogP contribution in [0, 0.1) is 5.92 Å². The number of aliphatic hydroxyl groups is 1. The molecule has 1 N–H and O–H groups in total. The minimum absolute atomic E-state index is 0.0901. The van der Waals surface area contributed by atoms with Crippen molar-refractivity contribution in [3.05, 3.63) is 66.0 Å². The van der Waals surface area contributed by atoms with Gasteiger partial charge in [0.2, 0.25) is 0 Å². The van der Waals surface area contributed by atoms with E-state index in [4.69, 9.17) is 0 Å². The maximum Gasteiger partial charge on any atom is 0.117 e. The molecule has 0 bridgehead atoms. The lowest BCUT2D eigenvalue weighted by Crippen LogP contribution is -2.33. The summed E-state index contributed by atoms with van der Waals surface area (Å²) < 4.78 is 0. The molecule has 0 aliphatic heterocycles. The van der Waals surface area contributed by atoms with Gasteiger partial charge in [-0.2, -0.15) is 0 Å². The van der Waals surface area contributed by atoms with Crippen molar-refractivity contribution in [1.29, 1.82) is 0 Å². The molecule has 1 atom stereocenters. The zero-order valence-corrected chi connectivity index (χ0v) is 10.2. The van der Waals surface area contributed by atoms with Gasteiger partial charge in [0.25, 0.3) is 0 Å². The highest BCUT2D eigenvalue weighted by molar-refractivity contribution is 5.35. The lowest BCUT2D eigenvalue weighted by atomic mass is 9.78. The van der Waals surface area contributed by atoms with E-state index in [1.165, 1.54) is 0 Å². The number of nitrogens with zero attached hydrogens (tertiary/aromatic N) is 1. The van der Waals surface area contributed by atoms with Gasteiger partial charge in [0, 0.05) is 12.4 Å². The molecule has 0 unspecified atom stereocenters. The predicted molar refractivity (Wildman–Crippen MR) is 68.5 cm³/mol. The van der Waals surface area contributed by atoms with E-state index < -0.39 is 5.60 Å². The van der Waals surface area contributed by atoms with E-state index in [1.54, 1.807) is 12.4 Å². The molecule has 0 radical (unpaired) electrons. The molecule has 0 amide bonds. The molecule has 2 nitrogen and oxygen atoms in total. The lowest BCUT2D eigenvalue weighted by Gasteiger charge is -2.33. The first-order valence-electron chi connectivity index (χ1n) is 5.84. The summed E-state index contributed by atoms with van der Waals surface area (Å²) in [4.78, 5) is 4.00. The predicted octanol–water partition coefficient (Wildman–Crippen LogP) is 2.97. The van der Waals surface area contributed by atoms with Gasteiger partial charge in [-0.1, -0.05) is 44.2 Å². The molecule has 17 heavy (non-hydrogen) atoms. The second-order valence-corrected chi connectivity index (χ2v) is 4.52. The fraction of sp³-hybridized carbons (Fsp3) is 0.267. The first kappa shape index (κ1) is 11.8. The molecular weight excluding hydrogens is 210 g/mol. The number of rotatable bonds is 3. The van der Waals surface area contributed by atoms with Gasteiger partial charge in [-0.25, -0.2) is 0 Å². The van der Waals surface area contributed by atoms with Gasteiger partial charge in [0.15, 0.2) is 0 Å². The minimum atomic E-state index is -0.954. The van der Waals surface area contributed by atoms with Gasteiger partial charge in [-0.3, -0.25) is 4.98 Å². The highest BCUT2D eigenvalue weighted by Crippen LogP contribution is 2.35. The van der Waals surface area contributed by atoms with Crippen molar-refractivity contribution in [1.82, 2.24) is 4.98 Å². The van der Waals surface area contributed by atoms with Crippen molar-refractivity contribution in [3.63, 3.8) is 0 Å². The maximum atomic E-state index is 11.0. The Morgan fingerprint density at radius 2 is 1.47 bits per heavy atom. The topological polar surface area (TPSA) is 33.1 Å². The summed E-state index contributed by atoms with van der Waals surface area (Å²) in [7, 11) is 0. The second kappa shape index (κ2) is 4.68. The standard InChI is InChI=1S/C15H17NO/c1-12(2)15(17,13-6-4-3-5-7-13)14-8-10-16-11-9-14/h3-12,17H,1-2H3/t15-/m0/s1. The van der Waals surface area contributed by atoms with Crippen molar-refractivity contribution >= 4 is 0 Å². The first-order valence-corrected chi connectivity index (χ1v) is 5.84. The Bertz CT molecular complexity index is 425. The van der Waals surface area contributed by atoms with Crippen molar-refractivity contribution in [2.24, 2.45) is 5.92 Å². The third kappa shape index (κ3) is 2.08. The zero-order valence-electron chi connectivity index (χ0n) is 10.2. The monoisotopic (exact) mass is 227 g/mol. The van der Waals surface area contributed by atoms with Gasteiger partial charge in [-0.05, 0) is 29.2 Å². The molecule has 0 aliphatic carbocycles. The van der Waals surface area contributed by atoms with E-state index >= 15 is 0 Å². The van der Waals surface area contributed by atoms with Crippen LogP contribution in [-0.2, 0) is 5.60 Å². The van der Waals surface area contributed by atoms with Crippen LogP contribution in [0.2, 0.25) is 0 Å². The van der Waals surface area contributed by atoms with Crippen LogP contribution < -0.4 is 0 Å². The Labute approximate surface area is 102 Å². The molecule has 1 aromatic carbocycles. The number of hydrogen-bond donors (Lipinski definition) is 1. The Morgan fingerprint density at radius 3 is 2.00 bits per heavy atom. The quantitative estimate of drug-likeness (QED) is 0.874. The lowest BCUT2D eigenvalue weighted by molar-refractivity contribution is 0.0317. The average Bonchev–Trinajstić information content (AvgIpc) is 2.39. The Kier molecular flexibility index (Phi) is 3.25. The van der Waals surface area contributed by atoms with Crippen molar-refractivity contribution < 1.29 is 5.11 Å². The molecule has 0 saturated heterocycles. The maximum absolute atomic E-state index is 11.0. The van der Waals surface area contributed by atoms with Crippen LogP contribution in [0.5, 0.6) is 0 Å². The van der Waals surface area contributed by atoms with Gasteiger partial charge in [0.05, 0.1) is 0 Å². The molecule has 88 valence electrons. The molecule has 2 heteroatoms. The molecule has 0 saturated carbocycles. The summed E-state index contributed by atoms with van der Waals surface area (Å²) in [5.41, 5.74) is 0.847. The minimum Gasteiger partial charge on any atom is -0.380 e. The summed E-state index contributed by atoms with van der Waals surface area (Å²) in [5, 5.41) is 11.0. The van der Waals surface area contributed by atoms with Crippen molar-refractivity contribution in [2.45, 2.75) is 19.4 Å². The zero-order chi connectivity index (χ0) is 12.3. The highest BCUT2D eigenvalue weighted by Gasteiger charge is 2.34. The Morgan fingerprint density at radius 1 is 0.941 bits per heavy atom. The van der Waals surface area contributed by atoms with Crippen molar-refractivity contribution in [2.75, 3.05) is 0 Å². The largest absolute Gasteiger partial charge is 0.380 e. The van der Waals surface area contributed by atoms with Crippen LogP contribution in [-0.4, -0.2) is 10.1 Å². The van der Waals surface area contributed by atoms with Gasteiger partial charge < -0.3 is 5.11 Å². The van der Waals surface area contributed by atoms with Crippen LogP contribution in [0.25, 0.3) is 0 Å². The summed E-state index contributed by atoms with van der Waals surface area (Å²) >= 11 is 0. The van der Waals surface area contributed by atoms with Gasteiger partial charge >= 0.3 is 0 Å². The summed E-state index contributed by atoms with van der Waals surface area (Å²) in [6.07, 6.45) is 3.43. The van der Waals surface area contributed by atoms with Crippen LogP contribution in [0.4, 0.5) is 0 Å². The number of aromatic nitrogens is 1. The fourth-order valence-corrected chi connectivity index (χ4v) is 2.13. The highest BCUT2D eigenvalue weighted by atomic mass is 16.3. The van der Waals surface area contributed by atoms with E-state index in [-0.39, 0.29) is 5.92 Å². The third-order valence-corrected chi connectivity index (χ3v) is 3.17. The Hall–Kier alpha value is -1.67. The van der Waals surface area contributed by atoms with E-state index in [1.807, 2.05) is 56.3 Å². The Balaban J connectivity index is 2.55. The molecule has 0 fully saturated rings. The van der Waals surface area contributed by atoms with Crippen LogP contribution in [0.3, 0.4) is 0 Å². The SMILES string of the molecule is CC(C)[C@](O)(c1ccccc1)c1ccncc1. The van der Waals surface area contributed by atoms with Gasteiger partial charge in [-0.15, -0.1) is 0 Å². The fourth-order valence-electron chi connectivity index (χ4n) is 2.13. The summed E-state index contributed by atoms with van der Waals surface area (Å²) in [5.74, 6) is 0.0901. The van der Waals surface area contributed by atoms with Gasteiger partial charge in [0.1, 0.15) is 5.60 Å². The third-order valence-electron chi connectivity index (χ3n) is 3.17. The summed E-state index contributed by atoms with van der Waals surface area (Å²) in [6, 6.07) is 13.5. The van der Waals surface area contributed by atoms with Crippen LogP contribution in [0.15, 0.2) is 54.9 Å². The van der Waals surface area contributed by atoms with E-state index in [0.29, 0.717) is 0 Å². The molecular formula is C15H17NO. The smallest absolute Gasteiger partial charge is 0.117 e. The summed E-state index contributed by atoms with van der Waals surface area (Å²) in [6.45, 7) is 4.04. The molecule has 2 rings (SSSR count). The molecule has 0 aliphatic rings. The number of hydrogen-bond acceptors (Lipinski definition) is 2. The van der Waals surface area contributed by atoms with E-state index in [2.05, 4.69) is 4.98 Å². The molecule has 1 heterocycles. The normalized spacial score (nSPS) is 14.6. The molecule has 1 aromatic heterocycles. The number of benzene rings is 1. The van der Waals surface area contributed by atoms with Crippen LogP contribution >= 0.6 is 0 Å². The van der Waals surface area contributed by atoms with E-state index in [0.717, 1.165) is 11.1 Å². The number of pyridine rings is 1. The first-order chi connectivity index (χ1) is 8.15. The molecule has 2 aromatic rings. The average molecular weight is 227 g/mol. The van der Waals surface area contributed by atoms with Crippen LogP contribution in [0.1, 0.15) is 25.0 Å². The van der Waals surface area contributed by atoms with Crippen molar-refractivity contribution in [3.8, 4) is 0 Å².